The van der Waals surface area contributed by atoms with E-state index in [-0.39, 0.29) is 5.78 Å². The summed E-state index contributed by atoms with van der Waals surface area (Å²) in [6.07, 6.45) is 5.21. The maximum Gasteiger partial charge on any atom is 0.185 e. The zero-order valence-corrected chi connectivity index (χ0v) is 10.6. The Morgan fingerprint density at radius 1 is 1.47 bits per heavy atom. The average Bonchev–Trinajstić information content (AvgIpc) is 2.79. The summed E-state index contributed by atoms with van der Waals surface area (Å²) in [5, 5.41) is 0.846. The number of anilines is 1. The van der Waals surface area contributed by atoms with E-state index >= 15 is 0 Å². The van der Waals surface area contributed by atoms with Gasteiger partial charge in [0.15, 0.2) is 10.9 Å². The molecule has 0 saturated carbocycles. The average molecular weight is 247 g/mol. The smallest absolute Gasteiger partial charge is 0.185 e. The Balaban J connectivity index is 2.09. The van der Waals surface area contributed by atoms with Crippen molar-refractivity contribution in [1.29, 1.82) is 0 Å². The summed E-state index contributed by atoms with van der Waals surface area (Å²) in [4.78, 5) is 22.2. The molecule has 0 unspecified atom stereocenters. The molecule has 0 spiro atoms. The van der Waals surface area contributed by atoms with E-state index in [0.717, 1.165) is 17.2 Å². The lowest BCUT2D eigenvalue weighted by Gasteiger charge is -2.14. The Morgan fingerprint density at radius 3 is 2.88 bits per heavy atom. The van der Waals surface area contributed by atoms with Gasteiger partial charge in [-0.25, -0.2) is 4.98 Å². The topological polar surface area (TPSA) is 46.1 Å². The van der Waals surface area contributed by atoms with Crippen LogP contribution in [0.1, 0.15) is 22.2 Å². The molecule has 0 radical (unpaired) electrons. The molecule has 5 heteroatoms. The van der Waals surface area contributed by atoms with E-state index in [1.54, 1.807) is 19.3 Å². The lowest BCUT2D eigenvalue weighted by Crippen LogP contribution is -2.15. The van der Waals surface area contributed by atoms with Crippen molar-refractivity contribution in [2.45, 2.75) is 13.5 Å². The van der Waals surface area contributed by atoms with Crippen LogP contribution >= 0.6 is 11.3 Å². The number of hydrogen-bond acceptors (Lipinski definition) is 5. The molecule has 0 aromatic carbocycles. The van der Waals surface area contributed by atoms with Gasteiger partial charge in [0.1, 0.15) is 0 Å². The second-order valence-corrected chi connectivity index (χ2v) is 4.79. The molecule has 2 aromatic heterocycles. The summed E-state index contributed by atoms with van der Waals surface area (Å²) in [7, 11) is 1.95. The van der Waals surface area contributed by atoms with Crippen molar-refractivity contribution in [3.05, 3.63) is 41.2 Å². The van der Waals surface area contributed by atoms with Crippen LogP contribution in [0.25, 0.3) is 0 Å². The number of carbonyl (C=O) groups is 1. The molecule has 0 aliphatic carbocycles. The second kappa shape index (κ2) is 5.05. The Kier molecular flexibility index (Phi) is 3.49. The summed E-state index contributed by atoms with van der Waals surface area (Å²) >= 11 is 1.41. The first kappa shape index (κ1) is 11.7. The quantitative estimate of drug-likeness (QED) is 0.778. The van der Waals surface area contributed by atoms with Crippen LogP contribution in [0.4, 0.5) is 5.13 Å². The maximum absolute atomic E-state index is 11.2. The van der Waals surface area contributed by atoms with Gasteiger partial charge < -0.3 is 4.90 Å². The molecule has 0 N–H and O–H groups in total. The Bertz CT molecular complexity index is 509. The van der Waals surface area contributed by atoms with Crippen molar-refractivity contribution in [2.24, 2.45) is 0 Å². The van der Waals surface area contributed by atoms with Gasteiger partial charge in [-0.3, -0.25) is 9.78 Å². The fourth-order valence-electron chi connectivity index (χ4n) is 1.44. The minimum Gasteiger partial charge on any atom is -0.347 e. The normalized spacial score (nSPS) is 10.2. The van der Waals surface area contributed by atoms with Crippen LogP contribution in [0, 0.1) is 0 Å². The highest BCUT2D eigenvalue weighted by atomic mass is 32.1. The van der Waals surface area contributed by atoms with Crippen LogP contribution in [-0.4, -0.2) is 22.8 Å². The van der Waals surface area contributed by atoms with Gasteiger partial charge >= 0.3 is 0 Å². The number of Topliss-reactive ketones (excluding diaryl/α,β-unsaturated/α-hetero) is 1. The Morgan fingerprint density at radius 2 is 2.29 bits per heavy atom. The van der Waals surface area contributed by atoms with Gasteiger partial charge in [0.05, 0.1) is 11.1 Å². The summed E-state index contributed by atoms with van der Waals surface area (Å²) in [5.74, 6) is 0.0588. The molecule has 2 rings (SSSR count). The third-order valence-electron chi connectivity index (χ3n) is 2.31. The van der Waals surface area contributed by atoms with E-state index in [1.165, 1.54) is 11.3 Å². The van der Waals surface area contributed by atoms with Crippen LogP contribution in [0.15, 0.2) is 30.7 Å². The number of thiazole rings is 1. The molecule has 0 bridgehead atoms. The summed E-state index contributed by atoms with van der Waals surface area (Å²) < 4.78 is 0. The van der Waals surface area contributed by atoms with E-state index in [0.29, 0.717) is 4.88 Å². The van der Waals surface area contributed by atoms with E-state index in [1.807, 2.05) is 30.3 Å². The van der Waals surface area contributed by atoms with Crippen LogP contribution in [0.5, 0.6) is 0 Å². The summed E-state index contributed by atoms with van der Waals surface area (Å²) in [6, 6.07) is 3.93. The Hall–Kier alpha value is -1.75. The number of ketones is 1. The van der Waals surface area contributed by atoms with Crippen LogP contribution in [-0.2, 0) is 6.54 Å². The SMILES string of the molecule is CC(=O)c1cnc(N(C)Cc2cccnc2)s1. The largest absolute Gasteiger partial charge is 0.347 e. The predicted molar refractivity (Wildman–Crippen MR) is 68.5 cm³/mol. The maximum atomic E-state index is 11.2. The zero-order valence-electron chi connectivity index (χ0n) is 9.75. The highest BCUT2D eigenvalue weighted by Gasteiger charge is 2.09. The fourth-order valence-corrected chi connectivity index (χ4v) is 2.21. The predicted octanol–water partition coefficient (Wildman–Crippen LogP) is 2.38. The first-order valence-electron chi connectivity index (χ1n) is 5.23. The van der Waals surface area contributed by atoms with Crippen molar-refractivity contribution in [3.63, 3.8) is 0 Å². The minimum absolute atomic E-state index is 0.0588. The van der Waals surface area contributed by atoms with Crippen LogP contribution in [0.3, 0.4) is 0 Å². The van der Waals surface area contributed by atoms with Gasteiger partial charge in [-0.15, -0.1) is 0 Å². The first-order chi connectivity index (χ1) is 8.16. The lowest BCUT2D eigenvalue weighted by atomic mass is 10.3. The minimum atomic E-state index is 0.0588. The molecule has 0 atom stereocenters. The number of aromatic nitrogens is 2. The number of hydrogen-bond donors (Lipinski definition) is 0. The molecule has 0 saturated heterocycles. The molecule has 4 nitrogen and oxygen atoms in total. The molecule has 17 heavy (non-hydrogen) atoms. The van der Waals surface area contributed by atoms with Crippen molar-refractivity contribution < 1.29 is 4.79 Å². The van der Waals surface area contributed by atoms with Gasteiger partial charge in [-0.1, -0.05) is 17.4 Å². The monoisotopic (exact) mass is 247 g/mol. The summed E-state index contributed by atoms with van der Waals surface area (Å²) in [6.45, 7) is 2.29. The van der Waals surface area contributed by atoms with Gasteiger partial charge in [0, 0.05) is 32.9 Å². The van der Waals surface area contributed by atoms with Crippen molar-refractivity contribution >= 4 is 22.3 Å². The molecule has 88 valence electrons. The van der Waals surface area contributed by atoms with Crippen LogP contribution in [0.2, 0.25) is 0 Å². The molecule has 0 aliphatic rings. The molecular weight excluding hydrogens is 234 g/mol. The summed E-state index contributed by atoms with van der Waals surface area (Å²) in [5.41, 5.74) is 1.12. The van der Waals surface area contributed by atoms with E-state index in [2.05, 4.69) is 9.97 Å². The third kappa shape index (κ3) is 2.88. The number of rotatable bonds is 4. The molecule has 2 heterocycles. The van der Waals surface area contributed by atoms with Crippen molar-refractivity contribution in [3.8, 4) is 0 Å². The van der Waals surface area contributed by atoms with Crippen LogP contribution < -0.4 is 4.90 Å². The zero-order chi connectivity index (χ0) is 12.3. The van der Waals surface area contributed by atoms with Gasteiger partial charge in [-0.05, 0) is 11.6 Å². The van der Waals surface area contributed by atoms with Crippen molar-refractivity contribution in [1.82, 2.24) is 9.97 Å². The number of nitrogens with zero attached hydrogens (tertiary/aromatic N) is 3. The van der Waals surface area contributed by atoms with Gasteiger partial charge in [0.2, 0.25) is 0 Å². The standard InChI is InChI=1S/C12H13N3OS/c1-9(16)11-7-14-12(17-11)15(2)8-10-4-3-5-13-6-10/h3-7H,8H2,1-2H3. The van der Waals surface area contributed by atoms with E-state index in [4.69, 9.17) is 0 Å². The molecule has 0 amide bonds. The highest BCUT2D eigenvalue weighted by Crippen LogP contribution is 2.22. The number of pyridine rings is 1. The molecule has 0 aliphatic heterocycles. The lowest BCUT2D eigenvalue weighted by molar-refractivity contribution is 0.102. The van der Waals surface area contributed by atoms with E-state index in [9.17, 15) is 4.79 Å². The highest BCUT2D eigenvalue weighted by molar-refractivity contribution is 7.17. The second-order valence-electron chi connectivity index (χ2n) is 3.78. The molecule has 0 fully saturated rings. The van der Waals surface area contributed by atoms with Gasteiger partial charge in [0.25, 0.3) is 0 Å². The van der Waals surface area contributed by atoms with Crippen molar-refractivity contribution in [2.75, 3.05) is 11.9 Å². The number of carbonyl (C=O) groups excluding carboxylic acids is 1. The molecule has 2 aromatic rings. The fraction of sp³-hybridized carbons (Fsp3) is 0.250. The van der Waals surface area contributed by atoms with Gasteiger partial charge in [-0.2, -0.15) is 0 Å². The third-order valence-corrected chi connectivity index (χ3v) is 3.52. The van der Waals surface area contributed by atoms with E-state index < -0.39 is 0 Å². The Labute approximate surface area is 104 Å². The first-order valence-corrected chi connectivity index (χ1v) is 6.05. The molecular formula is C12H13N3OS.